The van der Waals surface area contributed by atoms with E-state index in [1.807, 2.05) is 30.3 Å². The zero-order valence-corrected chi connectivity index (χ0v) is 15.3. The van der Waals surface area contributed by atoms with Crippen LogP contribution in [0.15, 0.2) is 57.7 Å². The largest absolute Gasteiger partial charge is 0.506 e. The Kier molecular flexibility index (Phi) is 4.31. The van der Waals surface area contributed by atoms with Crippen LogP contribution in [0, 0.1) is 0 Å². The molecule has 0 bridgehead atoms. The first-order chi connectivity index (χ1) is 13.9. The molecule has 0 aliphatic carbocycles. The molecule has 0 aliphatic rings. The fourth-order valence-corrected chi connectivity index (χ4v) is 3.26. The number of aryl methyl sites for hydroxylation is 1. The number of aromatic hydroxyl groups is 1. The van der Waals surface area contributed by atoms with Gasteiger partial charge in [-0.15, -0.1) is 0 Å². The molecule has 29 heavy (non-hydrogen) atoms. The third-order valence-corrected chi connectivity index (χ3v) is 4.71. The third-order valence-electron chi connectivity index (χ3n) is 4.71. The summed E-state index contributed by atoms with van der Waals surface area (Å²) in [6, 6.07) is 14.4. The van der Waals surface area contributed by atoms with E-state index in [9.17, 15) is 19.5 Å². The maximum Gasteiger partial charge on any atom is 0.322 e. The second kappa shape index (κ2) is 6.83. The van der Waals surface area contributed by atoms with Crippen LogP contribution in [-0.2, 0) is 11.8 Å². The minimum Gasteiger partial charge on any atom is -0.506 e. The Morgan fingerprint density at radius 1 is 1.14 bits per heavy atom. The van der Waals surface area contributed by atoms with Crippen LogP contribution < -0.4 is 10.9 Å². The summed E-state index contributed by atoms with van der Waals surface area (Å²) in [6.07, 6.45) is 0. The second-order valence-electron chi connectivity index (χ2n) is 6.54. The molecule has 3 N–H and O–H groups in total. The first-order valence-electron chi connectivity index (χ1n) is 8.71. The molecule has 8 heteroatoms. The molecule has 0 saturated heterocycles. The molecule has 4 rings (SSSR count). The van der Waals surface area contributed by atoms with Gasteiger partial charge in [-0.2, -0.15) is 0 Å². The van der Waals surface area contributed by atoms with Crippen molar-refractivity contribution < 1.29 is 24.2 Å². The lowest BCUT2D eigenvalue weighted by Crippen LogP contribution is -2.35. The highest BCUT2D eigenvalue weighted by Crippen LogP contribution is 2.33. The second-order valence-corrected chi connectivity index (χ2v) is 6.54. The number of carbonyl (C=O) groups is 2. The normalized spacial score (nSPS) is 11.1. The van der Waals surface area contributed by atoms with Crippen LogP contribution in [0.3, 0.4) is 0 Å². The molecular weight excluding hydrogens is 376 g/mol. The number of nitrogens with one attached hydrogen (secondary N) is 1. The smallest absolute Gasteiger partial charge is 0.322 e. The van der Waals surface area contributed by atoms with Gasteiger partial charge < -0.3 is 24.5 Å². The fourth-order valence-electron chi connectivity index (χ4n) is 3.26. The van der Waals surface area contributed by atoms with Gasteiger partial charge in [0, 0.05) is 23.4 Å². The van der Waals surface area contributed by atoms with E-state index in [1.165, 1.54) is 11.6 Å². The third kappa shape index (κ3) is 3.10. The summed E-state index contributed by atoms with van der Waals surface area (Å²) in [5, 5.41) is 22.7. The monoisotopic (exact) mass is 392 g/mol. The number of carboxylic acid groups (broad SMARTS) is 1. The molecule has 4 aromatic rings. The number of nitrogens with zero attached hydrogens (tertiary/aromatic N) is 1. The predicted molar refractivity (Wildman–Crippen MR) is 106 cm³/mol. The maximum absolute atomic E-state index is 12.5. The molecule has 0 atom stereocenters. The Morgan fingerprint density at radius 2 is 1.90 bits per heavy atom. The molecule has 8 nitrogen and oxygen atoms in total. The van der Waals surface area contributed by atoms with Crippen molar-refractivity contribution in [1.82, 2.24) is 9.88 Å². The van der Waals surface area contributed by atoms with Crippen molar-refractivity contribution in [2.45, 2.75) is 0 Å². The average molecular weight is 392 g/mol. The molecule has 0 aliphatic heterocycles. The molecule has 146 valence electrons. The maximum atomic E-state index is 12.5. The van der Waals surface area contributed by atoms with E-state index in [0.29, 0.717) is 22.4 Å². The fraction of sp³-hybridized carbons (Fsp3) is 0.0952. The molecule has 2 aromatic heterocycles. The number of furan rings is 1. The number of hydrogen-bond acceptors (Lipinski definition) is 5. The van der Waals surface area contributed by atoms with Gasteiger partial charge in [0.25, 0.3) is 11.5 Å². The van der Waals surface area contributed by atoms with Gasteiger partial charge in [0.15, 0.2) is 0 Å². The van der Waals surface area contributed by atoms with E-state index in [2.05, 4.69) is 5.32 Å². The number of aliphatic carboxylic acids is 1. The molecule has 0 fully saturated rings. The summed E-state index contributed by atoms with van der Waals surface area (Å²) in [5.41, 5.74) is 0.542. The summed E-state index contributed by atoms with van der Waals surface area (Å²) >= 11 is 0. The van der Waals surface area contributed by atoms with E-state index in [4.69, 9.17) is 9.52 Å². The van der Waals surface area contributed by atoms with Crippen molar-refractivity contribution in [3.05, 3.63) is 64.4 Å². The average Bonchev–Trinajstić information content (AvgIpc) is 3.14. The Bertz CT molecular complexity index is 1320. The first-order valence-corrected chi connectivity index (χ1v) is 8.71. The van der Waals surface area contributed by atoms with Crippen molar-refractivity contribution in [2.75, 3.05) is 6.54 Å². The van der Waals surface area contributed by atoms with Gasteiger partial charge in [-0.05, 0) is 30.3 Å². The summed E-state index contributed by atoms with van der Waals surface area (Å²) in [4.78, 5) is 35.5. The number of para-hydroxylation sites is 1. The lowest BCUT2D eigenvalue weighted by atomic mass is 10.0. The molecule has 2 heterocycles. The van der Waals surface area contributed by atoms with E-state index >= 15 is 0 Å². The van der Waals surface area contributed by atoms with Gasteiger partial charge in [-0.25, -0.2) is 0 Å². The van der Waals surface area contributed by atoms with Crippen molar-refractivity contribution in [3.8, 4) is 17.1 Å². The highest BCUT2D eigenvalue weighted by molar-refractivity contribution is 6.03. The van der Waals surface area contributed by atoms with Crippen LogP contribution in [0.1, 0.15) is 10.4 Å². The van der Waals surface area contributed by atoms with E-state index in [0.717, 1.165) is 5.39 Å². The van der Waals surface area contributed by atoms with Crippen LogP contribution in [0.2, 0.25) is 0 Å². The van der Waals surface area contributed by atoms with Gasteiger partial charge in [0.2, 0.25) is 0 Å². The van der Waals surface area contributed by atoms with Crippen LogP contribution in [0.5, 0.6) is 5.75 Å². The quantitative estimate of drug-likeness (QED) is 0.490. The molecule has 0 saturated carbocycles. The van der Waals surface area contributed by atoms with Crippen LogP contribution in [0.25, 0.3) is 33.2 Å². The highest BCUT2D eigenvalue weighted by atomic mass is 16.4. The van der Waals surface area contributed by atoms with Gasteiger partial charge in [0.05, 0.1) is 5.52 Å². The van der Waals surface area contributed by atoms with E-state index in [-0.39, 0.29) is 5.39 Å². The van der Waals surface area contributed by atoms with Crippen molar-refractivity contribution in [2.24, 2.45) is 7.05 Å². The molecule has 0 spiro atoms. The topological polar surface area (TPSA) is 122 Å². The molecule has 0 unspecified atom stereocenters. The standard InChI is InChI=1S/C21H16N2O6/c1-23-14-7-6-12(16-9-11-4-2-3-5-15(11)29-16)8-13(14)19(26)18(21(23)28)20(27)22-10-17(24)25/h2-9,26H,10H2,1H3,(H,22,27)(H,24,25). The van der Waals surface area contributed by atoms with Crippen LogP contribution in [0.4, 0.5) is 0 Å². The number of fused-ring (bicyclic) bond motifs is 2. The summed E-state index contributed by atoms with van der Waals surface area (Å²) in [6.45, 7) is -0.668. The number of aromatic nitrogens is 1. The Labute approximate surface area is 163 Å². The number of pyridine rings is 1. The van der Waals surface area contributed by atoms with Crippen LogP contribution in [-0.4, -0.2) is 33.2 Å². The zero-order valence-electron chi connectivity index (χ0n) is 15.3. The number of carbonyl (C=O) groups excluding carboxylic acids is 1. The SMILES string of the molecule is Cn1c(=O)c(C(=O)NCC(=O)O)c(O)c2cc(-c3cc4ccccc4o3)ccc21. The lowest BCUT2D eigenvalue weighted by Gasteiger charge is -2.12. The molecule has 1 amide bonds. The minimum atomic E-state index is -1.26. The van der Waals surface area contributed by atoms with Crippen molar-refractivity contribution in [3.63, 3.8) is 0 Å². The van der Waals surface area contributed by atoms with Gasteiger partial charge in [-0.3, -0.25) is 14.4 Å². The Balaban J connectivity index is 1.88. The lowest BCUT2D eigenvalue weighted by molar-refractivity contribution is -0.135. The van der Waals surface area contributed by atoms with E-state index < -0.39 is 35.3 Å². The number of benzene rings is 2. The number of hydrogen-bond donors (Lipinski definition) is 3. The summed E-state index contributed by atoms with van der Waals surface area (Å²) in [7, 11) is 1.47. The Hall–Kier alpha value is -4.07. The molecule has 0 radical (unpaired) electrons. The molecule has 2 aromatic carbocycles. The number of rotatable bonds is 4. The zero-order chi connectivity index (χ0) is 20.7. The van der Waals surface area contributed by atoms with Gasteiger partial charge in [0.1, 0.15) is 29.2 Å². The number of amides is 1. The first kappa shape index (κ1) is 18.3. The van der Waals surface area contributed by atoms with Gasteiger partial charge >= 0.3 is 5.97 Å². The van der Waals surface area contributed by atoms with E-state index in [1.54, 1.807) is 18.2 Å². The van der Waals surface area contributed by atoms with Crippen molar-refractivity contribution >= 4 is 33.7 Å². The van der Waals surface area contributed by atoms with Crippen LogP contribution >= 0.6 is 0 Å². The summed E-state index contributed by atoms with van der Waals surface area (Å²) in [5.74, 6) is -2.16. The summed E-state index contributed by atoms with van der Waals surface area (Å²) < 4.78 is 7.07. The minimum absolute atomic E-state index is 0.269. The highest BCUT2D eigenvalue weighted by Gasteiger charge is 2.22. The Morgan fingerprint density at radius 3 is 2.62 bits per heavy atom. The molecular formula is C21H16N2O6. The predicted octanol–water partition coefficient (Wildman–Crippen LogP) is 2.47. The van der Waals surface area contributed by atoms with Gasteiger partial charge in [-0.1, -0.05) is 18.2 Å². The number of carboxylic acids is 1. The van der Waals surface area contributed by atoms with Crippen molar-refractivity contribution in [1.29, 1.82) is 0 Å².